The van der Waals surface area contributed by atoms with E-state index in [0.717, 1.165) is 37.8 Å². The van der Waals surface area contributed by atoms with Crippen LogP contribution in [0.5, 0.6) is 0 Å². The van der Waals surface area contributed by atoms with Gasteiger partial charge in [-0.3, -0.25) is 4.79 Å². The number of carbonyl (C=O) groups excluding carboxylic acids is 1. The van der Waals surface area contributed by atoms with E-state index in [2.05, 4.69) is 11.9 Å². The van der Waals surface area contributed by atoms with Gasteiger partial charge in [-0.1, -0.05) is 25.8 Å². The summed E-state index contributed by atoms with van der Waals surface area (Å²) < 4.78 is 0. The highest BCUT2D eigenvalue weighted by molar-refractivity contribution is 5.84. The molecule has 1 N–H and O–H groups in total. The fraction of sp³-hybridized carbons (Fsp3) is 0.786. The number of rotatable bonds is 2. The van der Waals surface area contributed by atoms with E-state index in [9.17, 15) is 4.79 Å². The lowest BCUT2D eigenvalue weighted by Crippen LogP contribution is -2.48. The van der Waals surface area contributed by atoms with E-state index in [4.69, 9.17) is 0 Å². The second-order valence-electron chi connectivity index (χ2n) is 5.30. The van der Waals surface area contributed by atoms with Gasteiger partial charge in [0, 0.05) is 11.7 Å². The van der Waals surface area contributed by atoms with Crippen LogP contribution in [0.25, 0.3) is 0 Å². The lowest BCUT2D eigenvalue weighted by atomic mass is 9.93. The van der Waals surface area contributed by atoms with Crippen molar-refractivity contribution in [2.24, 2.45) is 0 Å². The Bertz CT molecular complexity index is 295. The lowest BCUT2D eigenvalue weighted by molar-refractivity contribution is -0.133. The van der Waals surface area contributed by atoms with Gasteiger partial charge in [-0.25, -0.2) is 0 Å². The zero-order chi connectivity index (χ0) is 12.3. The van der Waals surface area contributed by atoms with Crippen LogP contribution in [-0.2, 0) is 4.79 Å². The summed E-state index contributed by atoms with van der Waals surface area (Å²) in [6.45, 7) is 4.13. The number of hydrogen-bond donors (Lipinski definition) is 1. The van der Waals surface area contributed by atoms with Crippen LogP contribution in [0.3, 0.4) is 0 Å². The van der Waals surface area contributed by atoms with Crippen molar-refractivity contribution in [2.45, 2.75) is 63.5 Å². The topological polar surface area (TPSA) is 32.3 Å². The Morgan fingerprint density at radius 1 is 1.18 bits per heavy atom. The molecule has 2 aliphatic rings. The Labute approximate surface area is 104 Å². The molecular weight excluding hydrogens is 212 g/mol. The van der Waals surface area contributed by atoms with E-state index in [1.54, 1.807) is 0 Å². The van der Waals surface area contributed by atoms with E-state index in [1.165, 1.54) is 19.3 Å². The molecule has 2 rings (SSSR count). The van der Waals surface area contributed by atoms with Gasteiger partial charge in [0.25, 0.3) is 0 Å². The Balaban J connectivity index is 2.14. The Kier molecular flexibility index (Phi) is 4.21. The fourth-order valence-corrected chi connectivity index (χ4v) is 3.12. The summed E-state index contributed by atoms with van der Waals surface area (Å²) in [5.41, 5.74) is 1.04. The van der Waals surface area contributed by atoms with E-state index in [1.807, 2.05) is 11.9 Å². The molecule has 0 aromatic heterocycles. The van der Waals surface area contributed by atoms with Gasteiger partial charge >= 0.3 is 0 Å². The first-order valence-corrected chi connectivity index (χ1v) is 6.92. The summed E-state index contributed by atoms with van der Waals surface area (Å²) >= 11 is 0. The third-order valence-electron chi connectivity index (χ3n) is 4.12. The number of nitrogens with zero attached hydrogens (tertiary/aromatic N) is 1. The zero-order valence-corrected chi connectivity index (χ0v) is 10.9. The number of nitrogens with one attached hydrogen (secondary N) is 1. The summed E-state index contributed by atoms with van der Waals surface area (Å²) in [5.74, 6) is 0.252. The molecule has 0 aromatic carbocycles. The van der Waals surface area contributed by atoms with Crippen molar-refractivity contribution in [3.63, 3.8) is 0 Å². The number of likely N-dealkylation sites (N-methyl/N-ethyl adjacent to an activating group) is 1. The van der Waals surface area contributed by atoms with Crippen LogP contribution < -0.4 is 5.32 Å². The third-order valence-corrected chi connectivity index (χ3v) is 4.12. The quantitative estimate of drug-likeness (QED) is 0.798. The highest BCUT2D eigenvalue weighted by Crippen LogP contribution is 2.29. The average molecular weight is 236 g/mol. The first-order chi connectivity index (χ1) is 8.24. The lowest BCUT2D eigenvalue weighted by Gasteiger charge is -2.36. The Morgan fingerprint density at radius 3 is 2.53 bits per heavy atom. The molecule has 0 radical (unpaired) electrons. The Morgan fingerprint density at radius 2 is 1.88 bits per heavy atom. The first-order valence-electron chi connectivity index (χ1n) is 6.92. The maximum Gasteiger partial charge on any atom is 0.244 e. The molecule has 0 bridgehead atoms. The fourth-order valence-electron chi connectivity index (χ4n) is 3.12. The monoisotopic (exact) mass is 236 g/mol. The molecule has 3 nitrogen and oxygen atoms in total. The van der Waals surface area contributed by atoms with Crippen LogP contribution in [0.4, 0.5) is 0 Å². The molecule has 96 valence electrons. The van der Waals surface area contributed by atoms with Gasteiger partial charge < -0.3 is 10.2 Å². The molecule has 3 heteroatoms. The largest absolute Gasteiger partial charge is 0.312 e. The minimum atomic E-state index is -0.00354. The van der Waals surface area contributed by atoms with Gasteiger partial charge in [0.15, 0.2) is 0 Å². The van der Waals surface area contributed by atoms with E-state index < -0.39 is 0 Å². The van der Waals surface area contributed by atoms with E-state index in [0.29, 0.717) is 6.04 Å². The summed E-state index contributed by atoms with van der Waals surface area (Å²) in [5, 5.41) is 3.15. The van der Waals surface area contributed by atoms with Crippen molar-refractivity contribution >= 4 is 5.91 Å². The van der Waals surface area contributed by atoms with E-state index >= 15 is 0 Å². The van der Waals surface area contributed by atoms with Crippen molar-refractivity contribution < 1.29 is 4.79 Å². The van der Waals surface area contributed by atoms with Crippen molar-refractivity contribution in [2.75, 3.05) is 7.05 Å². The standard InChI is InChI=1S/C14H24N2O/c1-11-7-6-10-13(15-2)14(17)16(11)12-8-4-3-5-9-12/h12-13,15H,1,3-10H2,2H3. The van der Waals surface area contributed by atoms with Crippen LogP contribution in [0.2, 0.25) is 0 Å². The molecule has 0 spiro atoms. The highest BCUT2D eigenvalue weighted by Gasteiger charge is 2.33. The maximum absolute atomic E-state index is 12.5. The second kappa shape index (κ2) is 5.67. The average Bonchev–Trinajstić information content (AvgIpc) is 2.49. The molecule has 17 heavy (non-hydrogen) atoms. The predicted octanol–water partition coefficient (Wildman–Crippen LogP) is 2.43. The first kappa shape index (κ1) is 12.6. The normalized spacial score (nSPS) is 28.3. The molecule has 1 amide bonds. The van der Waals surface area contributed by atoms with Gasteiger partial charge in [-0.05, 0) is 39.2 Å². The van der Waals surface area contributed by atoms with Gasteiger partial charge in [0.2, 0.25) is 5.91 Å². The molecule has 1 aliphatic heterocycles. The minimum Gasteiger partial charge on any atom is -0.312 e. The van der Waals surface area contributed by atoms with Crippen molar-refractivity contribution in [1.82, 2.24) is 10.2 Å². The SMILES string of the molecule is C=C1CCCC(NC)C(=O)N1C1CCCCC1. The summed E-state index contributed by atoms with van der Waals surface area (Å²) in [6.07, 6.45) is 9.12. The van der Waals surface area contributed by atoms with Crippen LogP contribution in [0, 0.1) is 0 Å². The molecule has 1 heterocycles. The zero-order valence-electron chi connectivity index (χ0n) is 10.9. The molecule has 1 aliphatic carbocycles. The minimum absolute atomic E-state index is 0.00354. The third kappa shape index (κ3) is 2.71. The molecule has 1 atom stereocenters. The summed E-state index contributed by atoms with van der Waals surface area (Å²) in [6, 6.07) is 0.411. The molecule has 1 unspecified atom stereocenters. The van der Waals surface area contributed by atoms with Crippen LogP contribution in [0.1, 0.15) is 51.4 Å². The molecule has 1 saturated carbocycles. The van der Waals surface area contributed by atoms with Crippen molar-refractivity contribution in [3.8, 4) is 0 Å². The van der Waals surface area contributed by atoms with Crippen molar-refractivity contribution in [3.05, 3.63) is 12.3 Å². The number of hydrogen-bond acceptors (Lipinski definition) is 2. The van der Waals surface area contributed by atoms with Gasteiger partial charge in [-0.2, -0.15) is 0 Å². The van der Waals surface area contributed by atoms with Crippen LogP contribution in [-0.4, -0.2) is 29.9 Å². The smallest absolute Gasteiger partial charge is 0.244 e. The van der Waals surface area contributed by atoms with E-state index in [-0.39, 0.29) is 11.9 Å². The van der Waals surface area contributed by atoms with Crippen LogP contribution >= 0.6 is 0 Å². The molecule has 2 fully saturated rings. The maximum atomic E-state index is 12.5. The summed E-state index contributed by atoms with van der Waals surface area (Å²) in [7, 11) is 1.88. The number of amides is 1. The van der Waals surface area contributed by atoms with Gasteiger partial charge in [0.05, 0.1) is 6.04 Å². The van der Waals surface area contributed by atoms with Crippen molar-refractivity contribution in [1.29, 1.82) is 0 Å². The van der Waals surface area contributed by atoms with Crippen LogP contribution in [0.15, 0.2) is 12.3 Å². The number of allylic oxidation sites excluding steroid dienone is 1. The molecular formula is C14H24N2O. The van der Waals surface area contributed by atoms with Gasteiger partial charge in [-0.15, -0.1) is 0 Å². The second-order valence-corrected chi connectivity index (χ2v) is 5.30. The molecule has 1 saturated heterocycles. The van der Waals surface area contributed by atoms with Gasteiger partial charge in [0.1, 0.15) is 0 Å². The number of likely N-dealkylation sites (tertiary alicyclic amines) is 1. The summed E-state index contributed by atoms with van der Waals surface area (Å²) in [4.78, 5) is 14.5. The molecule has 0 aromatic rings. The highest BCUT2D eigenvalue weighted by atomic mass is 16.2. The number of carbonyl (C=O) groups is 1. The Hall–Kier alpha value is -0.830. The predicted molar refractivity (Wildman–Crippen MR) is 69.6 cm³/mol.